The molecule has 1 aliphatic carbocycles. The molecule has 0 spiro atoms. The molecular weight excluding hydrogens is 267 g/mol. The molecule has 0 bridgehead atoms. The van der Waals surface area contributed by atoms with E-state index in [-0.39, 0.29) is 23.2 Å². The van der Waals surface area contributed by atoms with Crippen molar-refractivity contribution in [1.29, 1.82) is 0 Å². The highest BCUT2D eigenvalue weighted by Crippen LogP contribution is 2.38. The molecular formula is C17H25FN2O. The second-order valence-corrected chi connectivity index (χ2v) is 6.28. The quantitative estimate of drug-likeness (QED) is 0.875. The van der Waals surface area contributed by atoms with Gasteiger partial charge in [0.05, 0.1) is 6.04 Å². The van der Waals surface area contributed by atoms with Crippen molar-refractivity contribution in [3.05, 3.63) is 35.6 Å². The van der Waals surface area contributed by atoms with Crippen LogP contribution < -0.4 is 11.1 Å². The Bertz CT molecular complexity index is 466. The Morgan fingerprint density at radius 3 is 2.48 bits per heavy atom. The predicted molar refractivity (Wildman–Crippen MR) is 82.1 cm³/mol. The van der Waals surface area contributed by atoms with Crippen molar-refractivity contribution in [2.45, 2.75) is 51.5 Å². The lowest BCUT2D eigenvalue weighted by Crippen LogP contribution is -2.39. The molecule has 1 amide bonds. The zero-order chi connectivity index (χ0) is 15.3. The molecule has 3 nitrogen and oxygen atoms in total. The number of carbonyl (C=O) groups excluding carboxylic acids is 1. The van der Waals surface area contributed by atoms with E-state index in [1.54, 1.807) is 12.1 Å². The van der Waals surface area contributed by atoms with Crippen molar-refractivity contribution < 1.29 is 9.18 Å². The second kappa shape index (κ2) is 7.03. The summed E-state index contributed by atoms with van der Waals surface area (Å²) in [4.78, 5) is 12.3. The third-order valence-corrected chi connectivity index (χ3v) is 4.63. The summed E-state index contributed by atoms with van der Waals surface area (Å²) >= 11 is 0. The smallest absolute Gasteiger partial charge is 0.221 e. The number of rotatable bonds is 5. The summed E-state index contributed by atoms with van der Waals surface area (Å²) in [6.45, 7) is 2.49. The standard InChI is InChI=1S/C17H25FN2O/c1-13(14-5-7-15(18)8-6-14)20-16(21)11-17(12-19)9-3-2-4-10-17/h5-8,13H,2-4,9-12,19H2,1H3,(H,20,21)/t13-/m0/s1. The monoisotopic (exact) mass is 292 g/mol. The van der Waals surface area contributed by atoms with E-state index in [0.29, 0.717) is 13.0 Å². The van der Waals surface area contributed by atoms with Crippen LogP contribution in [0.3, 0.4) is 0 Å². The lowest BCUT2D eigenvalue weighted by atomic mass is 9.71. The maximum atomic E-state index is 12.9. The van der Waals surface area contributed by atoms with E-state index >= 15 is 0 Å². The Morgan fingerprint density at radius 1 is 1.29 bits per heavy atom. The Morgan fingerprint density at radius 2 is 1.90 bits per heavy atom. The lowest BCUT2D eigenvalue weighted by molar-refractivity contribution is -0.124. The maximum Gasteiger partial charge on any atom is 0.221 e. The summed E-state index contributed by atoms with van der Waals surface area (Å²) < 4.78 is 12.9. The molecule has 1 fully saturated rings. The predicted octanol–water partition coefficient (Wildman–Crippen LogP) is 3.30. The average molecular weight is 292 g/mol. The Balaban J connectivity index is 1.92. The SMILES string of the molecule is C[C@H](NC(=O)CC1(CN)CCCCC1)c1ccc(F)cc1. The van der Waals surface area contributed by atoms with Gasteiger partial charge in [-0.15, -0.1) is 0 Å². The van der Waals surface area contributed by atoms with Crippen LogP contribution in [-0.2, 0) is 4.79 Å². The third-order valence-electron chi connectivity index (χ3n) is 4.63. The average Bonchev–Trinajstić information content (AvgIpc) is 2.48. The van der Waals surface area contributed by atoms with Crippen molar-refractivity contribution in [3.8, 4) is 0 Å². The topological polar surface area (TPSA) is 55.1 Å². The Hall–Kier alpha value is -1.42. The first-order chi connectivity index (χ1) is 10.0. The fraction of sp³-hybridized carbons (Fsp3) is 0.588. The molecule has 0 saturated heterocycles. The van der Waals surface area contributed by atoms with Crippen molar-refractivity contribution in [3.63, 3.8) is 0 Å². The highest BCUT2D eigenvalue weighted by molar-refractivity contribution is 5.77. The van der Waals surface area contributed by atoms with Gasteiger partial charge in [-0.1, -0.05) is 31.4 Å². The van der Waals surface area contributed by atoms with Crippen molar-refractivity contribution in [2.24, 2.45) is 11.1 Å². The minimum atomic E-state index is -0.262. The van der Waals surface area contributed by atoms with Crippen LogP contribution in [0.25, 0.3) is 0 Å². The van der Waals surface area contributed by atoms with Crippen LogP contribution in [0.1, 0.15) is 57.1 Å². The molecule has 2 rings (SSSR count). The van der Waals surface area contributed by atoms with E-state index in [9.17, 15) is 9.18 Å². The molecule has 1 atom stereocenters. The van der Waals surface area contributed by atoms with Gasteiger partial charge in [-0.25, -0.2) is 4.39 Å². The summed E-state index contributed by atoms with van der Waals surface area (Å²) in [5.74, 6) is -0.222. The van der Waals surface area contributed by atoms with Gasteiger partial charge in [-0.3, -0.25) is 4.79 Å². The van der Waals surface area contributed by atoms with E-state index in [1.165, 1.54) is 18.6 Å². The first kappa shape index (κ1) is 16.0. The Labute approximate surface area is 126 Å². The number of hydrogen-bond donors (Lipinski definition) is 2. The van der Waals surface area contributed by atoms with Gasteiger partial charge in [-0.2, -0.15) is 0 Å². The van der Waals surface area contributed by atoms with Gasteiger partial charge in [0.15, 0.2) is 0 Å². The molecule has 0 aromatic heterocycles. The van der Waals surface area contributed by atoms with Gasteiger partial charge in [-0.05, 0) is 49.4 Å². The molecule has 1 aromatic carbocycles. The molecule has 3 N–H and O–H groups in total. The van der Waals surface area contributed by atoms with E-state index in [4.69, 9.17) is 5.73 Å². The first-order valence-corrected chi connectivity index (χ1v) is 7.80. The number of nitrogens with one attached hydrogen (secondary N) is 1. The molecule has 1 saturated carbocycles. The van der Waals surface area contributed by atoms with E-state index < -0.39 is 0 Å². The molecule has 1 aliphatic rings. The molecule has 116 valence electrons. The van der Waals surface area contributed by atoms with Gasteiger partial charge in [0.25, 0.3) is 0 Å². The highest BCUT2D eigenvalue weighted by atomic mass is 19.1. The number of amides is 1. The summed E-state index contributed by atoms with van der Waals surface area (Å²) in [5, 5.41) is 3.01. The minimum absolute atomic E-state index is 0.0230. The van der Waals surface area contributed by atoms with Crippen molar-refractivity contribution in [1.82, 2.24) is 5.32 Å². The molecule has 4 heteroatoms. The zero-order valence-corrected chi connectivity index (χ0v) is 12.7. The second-order valence-electron chi connectivity index (χ2n) is 6.28. The van der Waals surface area contributed by atoms with Crippen LogP contribution in [0.15, 0.2) is 24.3 Å². The fourth-order valence-corrected chi connectivity index (χ4v) is 3.22. The third kappa shape index (κ3) is 4.27. The number of hydrogen-bond acceptors (Lipinski definition) is 2. The normalized spacial score (nSPS) is 19.0. The molecule has 1 aromatic rings. The molecule has 0 aliphatic heterocycles. The summed E-state index contributed by atoms with van der Waals surface area (Å²) in [5.41, 5.74) is 6.81. The van der Waals surface area contributed by atoms with Gasteiger partial charge in [0.2, 0.25) is 5.91 Å². The molecule has 0 unspecified atom stereocenters. The maximum absolute atomic E-state index is 12.9. The summed E-state index contributed by atoms with van der Waals surface area (Å²) in [6, 6.07) is 6.14. The van der Waals surface area contributed by atoms with Crippen LogP contribution in [0, 0.1) is 11.2 Å². The van der Waals surface area contributed by atoms with Gasteiger partial charge in [0.1, 0.15) is 5.82 Å². The van der Waals surface area contributed by atoms with Crippen LogP contribution in [0.5, 0.6) is 0 Å². The number of halogens is 1. The zero-order valence-electron chi connectivity index (χ0n) is 12.7. The number of benzene rings is 1. The van der Waals surface area contributed by atoms with E-state index in [2.05, 4.69) is 5.32 Å². The van der Waals surface area contributed by atoms with E-state index in [0.717, 1.165) is 31.2 Å². The summed E-state index contributed by atoms with van der Waals surface area (Å²) in [7, 11) is 0. The van der Waals surface area contributed by atoms with E-state index in [1.807, 2.05) is 6.92 Å². The summed E-state index contributed by atoms with van der Waals surface area (Å²) in [6.07, 6.45) is 6.16. The molecule has 0 radical (unpaired) electrons. The number of nitrogens with two attached hydrogens (primary N) is 1. The van der Waals surface area contributed by atoms with Crippen molar-refractivity contribution in [2.75, 3.05) is 6.54 Å². The largest absolute Gasteiger partial charge is 0.350 e. The minimum Gasteiger partial charge on any atom is -0.350 e. The van der Waals surface area contributed by atoms with Crippen LogP contribution >= 0.6 is 0 Å². The van der Waals surface area contributed by atoms with Gasteiger partial charge >= 0.3 is 0 Å². The fourth-order valence-electron chi connectivity index (χ4n) is 3.22. The van der Waals surface area contributed by atoms with Crippen LogP contribution in [-0.4, -0.2) is 12.5 Å². The van der Waals surface area contributed by atoms with Crippen molar-refractivity contribution >= 4 is 5.91 Å². The lowest BCUT2D eigenvalue weighted by Gasteiger charge is -2.36. The molecule has 21 heavy (non-hydrogen) atoms. The molecule has 0 heterocycles. The van der Waals surface area contributed by atoms with Crippen LogP contribution in [0.2, 0.25) is 0 Å². The van der Waals surface area contributed by atoms with Gasteiger partial charge < -0.3 is 11.1 Å². The number of carbonyl (C=O) groups is 1. The Kier molecular flexibility index (Phi) is 5.34. The van der Waals surface area contributed by atoms with Gasteiger partial charge in [0, 0.05) is 6.42 Å². The van der Waals surface area contributed by atoms with Crippen LogP contribution in [0.4, 0.5) is 4.39 Å². The first-order valence-electron chi connectivity index (χ1n) is 7.80. The highest BCUT2D eigenvalue weighted by Gasteiger charge is 2.33.